The second kappa shape index (κ2) is 10.5. The van der Waals surface area contributed by atoms with E-state index in [9.17, 15) is 0 Å². The second-order valence-corrected chi connectivity index (χ2v) is 4.08. The molecule has 0 aromatic carbocycles. The van der Waals surface area contributed by atoms with Crippen LogP contribution < -0.4 is 0 Å². The second-order valence-electron chi connectivity index (χ2n) is 4.08. The molecule has 0 bridgehead atoms. The molecule has 0 atom stereocenters. The van der Waals surface area contributed by atoms with E-state index in [1.165, 1.54) is 32.4 Å². The number of piperidine rings is 1. The summed E-state index contributed by atoms with van der Waals surface area (Å²) in [5.74, 6) is 5.22. The molecule has 1 N–H and O–H groups in total. The van der Waals surface area contributed by atoms with Crippen molar-refractivity contribution < 1.29 is 14.6 Å². The first-order chi connectivity index (χ1) is 8.43. The van der Waals surface area contributed by atoms with Crippen molar-refractivity contribution in [2.45, 2.75) is 19.3 Å². The lowest BCUT2D eigenvalue weighted by Gasteiger charge is -2.26. The van der Waals surface area contributed by atoms with Crippen molar-refractivity contribution in [3.05, 3.63) is 0 Å². The molecule has 0 radical (unpaired) electrons. The van der Waals surface area contributed by atoms with Crippen molar-refractivity contribution in [3.8, 4) is 11.8 Å². The first-order valence-electron chi connectivity index (χ1n) is 6.38. The Morgan fingerprint density at radius 2 is 1.71 bits per heavy atom. The van der Waals surface area contributed by atoms with Crippen molar-refractivity contribution in [1.29, 1.82) is 0 Å². The van der Waals surface area contributed by atoms with E-state index in [1.807, 2.05) is 0 Å². The first-order valence-corrected chi connectivity index (χ1v) is 6.38. The normalized spacial score (nSPS) is 16.5. The lowest BCUT2D eigenvalue weighted by molar-refractivity contribution is 0.0463. The lowest BCUT2D eigenvalue weighted by atomic mass is 10.1. The molecular weight excluding hydrogens is 218 g/mol. The average Bonchev–Trinajstić information content (AvgIpc) is 2.38. The van der Waals surface area contributed by atoms with Gasteiger partial charge in [0.25, 0.3) is 0 Å². The van der Waals surface area contributed by atoms with Gasteiger partial charge in [-0.3, -0.25) is 0 Å². The summed E-state index contributed by atoms with van der Waals surface area (Å²) in [7, 11) is 0. The van der Waals surface area contributed by atoms with E-state index in [0.717, 1.165) is 13.2 Å². The summed E-state index contributed by atoms with van der Waals surface area (Å²) in [5, 5.41) is 8.40. The van der Waals surface area contributed by atoms with E-state index in [-0.39, 0.29) is 6.61 Å². The smallest absolute Gasteiger partial charge is 0.107 e. The van der Waals surface area contributed by atoms with Crippen molar-refractivity contribution in [2.75, 3.05) is 52.7 Å². The summed E-state index contributed by atoms with van der Waals surface area (Å²) < 4.78 is 10.7. The van der Waals surface area contributed by atoms with E-state index in [1.54, 1.807) is 0 Å². The molecule has 4 heteroatoms. The minimum atomic E-state index is -0.101. The van der Waals surface area contributed by atoms with Crippen LogP contribution in [0.1, 0.15) is 19.3 Å². The zero-order chi connectivity index (χ0) is 12.2. The molecule has 1 saturated heterocycles. The van der Waals surface area contributed by atoms with Gasteiger partial charge in [0.05, 0.1) is 19.8 Å². The zero-order valence-corrected chi connectivity index (χ0v) is 10.5. The number of hydrogen-bond acceptors (Lipinski definition) is 4. The average molecular weight is 241 g/mol. The number of likely N-dealkylation sites (tertiary alicyclic amines) is 1. The molecule has 0 aliphatic carbocycles. The van der Waals surface area contributed by atoms with Gasteiger partial charge in [0.15, 0.2) is 0 Å². The van der Waals surface area contributed by atoms with Crippen LogP contribution in [0.2, 0.25) is 0 Å². The first kappa shape index (κ1) is 14.5. The van der Waals surface area contributed by atoms with Gasteiger partial charge in [-0.25, -0.2) is 0 Å². The topological polar surface area (TPSA) is 41.9 Å². The summed E-state index contributed by atoms with van der Waals surface area (Å²) in [6, 6.07) is 0. The molecule has 0 saturated carbocycles. The highest BCUT2D eigenvalue weighted by Crippen LogP contribution is 2.07. The molecule has 1 aliphatic rings. The van der Waals surface area contributed by atoms with Crippen LogP contribution >= 0.6 is 0 Å². The Morgan fingerprint density at radius 1 is 0.941 bits per heavy atom. The fourth-order valence-electron chi connectivity index (χ4n) is 1.83. The van der Waals surface area contributed by atoms with Gasteiger partial charge >= 0.3 is 0 Å². The Hall–Kier alpha value is -0.600. The molecular formula is C13H23NO3. The Labute approximate surface area is 104 Å². The van der Waals surface area contributed by atoms with Crippen LogP contribution in [0.4, 0.5) is 0 Å². The summed E-state index contributed by atoms with van der Waals surface area (Å²) >= 11 is 0. The number of nitrogens with zero attached hydrogens (tertiary/aromatic N) is 1. The maximum absolute atomic E-state index is 8.40. The number of aliphatic hydroxyl groups excluding tert-OH is 1. The summed E-state index contributed by atoms with van der Waals surface area (Å²) in [4.78, 5) is 2.46. The number of aliphatic hydroxyl groups is 1. The Balaban J connectivity index is 1.80. The van der Waals surface area contributed by atoms with Crippen LogP contribution in [0.25, 0.3) is 0 Å². The minimum Gasteiger partial charge on any atom is -0.384 e. The van der Waals surface area contributed by atoms with Gasteiger partial charge in [-0.15, -0.1) is 0 Å². The van der Waals surface area contributed by atoms with Crippen LogP contribution in [0, 0.1) is 11.8 Å². The number of hydrogen-bond donors (Lipinski definition) is 1. The molecule has 0 aromatic heterocycles. The molecule has 4 nitrogen and oxygen atoms in total. The minimum absolute atomic E-state index is 0.101. The zero-order valence-electron chi connectivity index (χ0n) is 10.5. The predicted molar refractivity (Wildman–Crippen MR) is 66.8 cm³/mol. The van der Waals surface area contributed by atoms with E-state index < -0.39 is 0 Å². The van der Waals surface area contributed by atoms with Gasteiger partial charge in [-0.1, -0.05) is 18.3 Å². The predicted octanol–water partition coefficient (Wildman–Crippen LogP) is 0.501. The van der Waals surface area contributed by atoms with Gasteiger partial charge in [0, 0.05) is 6.54 Å². The van der Waals surface area contributed by atoms with Crippen molar-refractivity contribution in [2.24, 2.45) is 0 Å². The fraction of sp³-hybridized carbons (Fsp3) is 0.846. The molecule has 1 heterocycles. The van der Waals surface area contributed by atoms with Gasteiger partial charge in [0.2, 0.25) is 0 Å². The molecule has 0 aromatic rings. The molecule has 98 valence electrons. The van der Waals surface area contributed by atoms with Gasteiger partial charge < -0.3 is 19.5 Å². The van der Waals surface area contributed by atoms with Crippen LogP contribution in [-0.4, -0.2) is 62.7 Å². The van der Waals surface area contributed by atoms with Gasteiger partial charge in [0.1, 0.15) is 13.2 Å². The van der Waals surface area contributed by atoms with Gasteiger partial charge in [-0.05, 0) is 25.9 Å². The summed E-state index contributed by atoms with van der Waals surface area (Å²) in [6.45, 7) is 5.71. The Morgan fingerprint density at radius 3 is 2.47 bits per heavy atom. The van der Waals surface area contributed by atoms with Crippen molar-refractivity contribution >= 4 is 0 Å². The highest BCUT2D eigenvalue weighted by atomic mass is 16.5. The largest absolute Gasteiger partial charge is 0.384 e. The third-order valence-electron chi connectivity index (χ3n) is 2.75. The molecule has 1 rings (SSSR count). The SMILES string of the molecule is OCC#CCOCCOCCN1CCCCC1. The highest BCUT2D eigenvalue weighted by Gasteiger charge is 2.08. The molecule has 0 spiro atoms. The quantitative estimate of drug-likeness (QED) is 0.521. The van der Waals surface area contributed by atoms with E-state index >= 15 is 0 Å². The van der Waals surface area contributed by atoms with Crippen molar-refractivity contribution in [1.82, 2.24) is 4.90 Å². The van der Waals surface area contributed by atoms with E-state index in [2.05, 4.69) is 16.7 Å². The molecule has 1 fully saturated rings. The van der Waals surface area contributed by atoms with Crippen molar-refractivity contribution in [3.63, 3.8) is 0 Å². The fourth-order valence-corrected chi connectivity index (χ4v) is 1.83. The maximum Gasteiger partial charge on any atom is 0.107 e. The maximum atomic E-state index is 8.40. The Kier molecular flexibility index (Phi) is 8.97. The third-order valence-corrected chi connectivity index (χ3v) is 2.75. The van der Waals surface area contributed by atoms with E-state index in [0.29, 0.717) is 19.8 Å². The standard InChI is InChI=1S/C13H23NO3/c15-9-4-5-10-16-12-13-17-11-8-14-6-2-1-3-7-14/h15H,1-3,6-13H2. The monoisotopic (exact) mass is 241 g/mol. The van der Waals surface area contributed by atoms with Crippen LogP contribution in [0.15, 0.2) is 0 Å². The summed E-state index contributed by atoms with van der Waals surface area (Å²) in [5.41, 5.74) is 0. The lowest BCUT2D eigenvalue weighted by Crippen LogP contribution is -2.32. The van der Waals surface area contributed by atoms with Gasteiger partial charge in [-0.2, -0.15) is 0 Å². The van der Waals surface area contributed by atoms with E-state index in [4.69, 9.17) is 14.6 Å². The number of rotatable bonds is 7. The number of ether oxygens (including phenoxy) is 2. The summed E-state index contributed by atoms with van der Waals surface area (Å²) in [6.07, 6.45) is 4.03. The van der Waals surface area contributed by atoms with Crippen LogP contribution in [-0.2, 0) is 9.47 Å². The third kappa shape index (κ3) is 8.17. The van der Waals surface area contributed by atoms with Crippen LogP contribution in [0.3, 0.4) is 0 Å². The van der Waals surface area contributed by atoms with Crippen LogP contribution in [0.5, 0.6) is 0 Å². The Bertz CT molecular complexity index is 229. The molecule has 0 amide bonds. The molecule has 17 heavy (non-hydrogen) atoms. The molecule has 0 unspecified atom stereocenters. The highest BCUT2D eigenvalue weighted by molar-refractivity contribution is 4.98. The molecule has 1 aliphatic heterocycles.